The minimum absolute atomic E-state index is 0.0867. The van der Waals surface area contributed by atoms with Crippen LogP contribution in [0.25, 0.3) is 0 Å². The van der Waals surface area contributed by atoms with Crippen molar-refractivity contribution in [2.75, 3.05) is 12.8 Å². The second-order valence-electron chi connectivity index (χ2n) is 5.02. The number of unbranched alkanes of at least 4 members (excludes halogenated alkanes) is 3. The molecule has 3 nitrogen and oxygen atoms in total. The maximum Gasteiger partial charge on any atom is 0.151 e. The van der Waals surface area contributed by atoms with Crippen LogP contribution in [0.3, 0.4) is 0 Å². The van der Waals surface area contributed by atoms with E-state index in [-0.39, 0.29) is 11.3 Å². The van der Waals surface area contributed by atoms with Crippen molar-refractivity contribution in [1.82, 2.24) is 5.32 Å². The Kier molecular flexibility index (Phi) is 9.38. The quantitative estimate of drug-likeness (QED) is 0.466. The van der Waals surface area contributed by atoms with E-state index < -0.39 is 9.84 Å². The smallest absolute Gasteiger partial charge is 0.151 e. The van der Waals surface area contributed by atoms with E-state index in [1.165, 1.54) is 6.26 Å². The van der Waals surface area contributed by atoms with E-state index in [1.807, 2.05) is 13.0 Å². The highest BCUT2D eigenvalue weighted by Gasteiger charge is 2.24. The molecule has 0 fully saturated rings. The molecular weight excluding hydrogens is 246 g/mol. The Labute approximate surface area is 113 Å². The molecule has 18 heavy (non-hydrogen) atoms. The van der Waals surface area contributed by atoms with Gasteiger partial charge in [-0.1, -0.05) is 25.8 Å². The summed E-state index contributed by atoms with van der Waals surface area (Å²) in [6, 6.07) is 0.0867. The van der Waals surface area contributed by atoms with Crippen LogP contribution < -0.4 is 5.32 Å². The van der Waals surface area contributed by atoms with Gasteiger partial charge in [0.25, 0.3) is 0 Å². The Bertz CT molecular complexity index is 312. The average molecular weight is 275 g/mol. The first kappa shape index (κ1) is 17.6. The Morgan fingerprint density at radius 3 is 2.44 bits per heavy atom. The lowest BCUT2D eigenvalue weighted by atomic mass is 10.0. The third-order valence-electron chi connectivity index (χ3n) is 3.32. The first-order valence-corrected chi connectivity index (χ1v) is 8.92. The van der Waals surface area contributed by atoms with Gasteiger partial charge in [-0.15, -0.1) is 6.58 Å². The molecule has 0 spiro atoms. The fourth-order valence-corrected chi connectivity index (χ4v) is 2.79. The second kappa shape index (κ2) is 9.56. The molecule has 1 N–H and O–H groups in total. The van der Waals surface area contributed by atoms with Crippen LogP contribution in [0.4, 0.5) is 0 Å². The van der Waals surface area contributed by atoms with Gasteiger partial charge in [-0.2, -0.15) is 0 Å². The molecule has 0 rings (SSSR count). The predicted octanol–water partition coefficient (Wildman–Crippen LogP) is 2.92. The molecule has 0 saturated heterocycles. The van der Waals surface area contributed by atoms with Crippen LogP contribution in [0.15, 0.2) is 12.7 Å². The molecule has 0 aromatic rings. The Balaban J connectivity index is 4.18. The van der Waals surface area contributed by atoms with Crippen molar-refractivity contribution in [2.45, 2.75) is 63.7 Å². The summed E-state index contributed by atoms with van der Waals surface area (Å²) in [4.78, 5) is 0. The van der Waals surface area contributed by atoms with Crippen LogP contribution in [-0.2, 0) is 9.84 Å². The molecule has 0 aliphatic carbocycles. The van der Waals surface area contributed by atoms with Crippen molar-refractivity contribution in [2.24, 2.45) is 0 Å². The first-order valence-electron chi connectivity index (χ1n) is 6.96. The molecule has 0 aromatic heterocycles. The fraction of sp³-hybridized carbons (Fsp3) is 0.857. The van der Waals surface area contributed by atoms with Crippen molar-refractivity contribution in [3.63, 3.8) is 0 Å². The topological polar surface area (TPSA) is 46.2 Å². The lowest BCUT2D eigenvalue weighted by molar-refractivity contribution is 0.440. The molecule has 0 bridgehead atoms. The highest BCUT2D eigenvalue weighted by Crippen LogP contribution is 2.13. The van der Waals surface area contributed by atoms with Gasteiger partial charge in [-0.25, -0.2) is 8.42 Å². The highest BCUT2D eigenvalue weighted by atomic mass is 32.2. The molecule has 2 unspecified atom stereocenters. The van der Waals surface area contributed by atoms with E-state index in [0.717, 1.165) is 45.1 Å². The van der Waals surface area contributed by atoms with Crippen molar-refractivity contribution >= 4 is 9.84 Å². The zero-order chi connectivity index (χ0) is 14.0. The van der Waals surface area contributed by atoms with Crippen LogP contribution >= 0.6 is 0 Å². The zero-order valence-electron chi connectivity index (χ0n) is 12.1. The summed E-state index contributed by atoms with van der Waals surface area (Å²) in [6.45, 7) is 8.50. The zero-order valence-corrected chi connectivity index (χ0v) is 12.9. The summed E-state index contributed by atoms with van der Waals surface area (Å²) in [5, 5.41) is 3.06. The van der Waals surface area contributed by atoms with E-state index in [2.05, 4.69) is 18.8 Å². The van der Waals surface area contributed by atoms with Crippen LogP contribution in [0.5, 0.6) is 0 Å². The van der Waals surface area contributed by atoms with E-state index in [0.29, 0.717) is 0 Å². The van der Waals surface area contributed by atoms with E-state index in [1.54, 1.807) is 0 Å². The third-order valence-corrected chi connectivity index (χ3v) is 5.00. The predicted molar refractivity (Wildman–Crippen MR) is 79.7 cm³/mol. The summed E-state index contributed by atoms with van der Waals surface area (Å²) in [6.07, 6.45) is 9.66. The van der Waals surface area contributed by atoms with Crippen molar-refractivity contribution in [3.05, 3.63) is 12.7 Å². The monoisotopic (exact) mass is 275 g/mol. The van der Waals surface area contributed by atoms with Crippen molar-refractivity contribution in [1.29, 1.82) is 0 Å². The molecule has 0 saturated carbocycles. The number of hydrogen-bond acceptors (Lipinski definition) is 3. The molecule has 0 radical (unpaired) electrons. The first-order chi connectivity index (χ1) is 8.43. The highest BCUT2D eigenvalue weighted by molar-refractivity contribution is 7.91. The number of allylic oxidation sites excluding steroid dienone is 1. The molecule has 0 amide bonds. The molecule has 0 aliphatic rings. The third kappa shape index (κ3) is 7.88. The van der Waals surface area contributed by atoms with Gasteiger partial charge in [0, 0.05) is 12.3 Å². The average Bonchev–Trinajstić information content (AvgIpc) is 2.30. The van der Waals surface area contributed by atoms with Gasteiger partial charge < -0.3 is 5.32 Å². The van der Waals surface area contributed by atoms with Gasteiger partial charge in [0.05, 0.1) is 5.25 Å². The number of rotatable bonds is 11. The van der Waals surface area contributed by atoms with Crippen LogP contribution in [0.1, 0.15) is 52.4 Å². The Morgan fingerprint density at radius 1 is 1.28 bits per heavy atom. The number of nitrogens with one attached hydrogen (secondary N) is 1. The summed E-state index contributed by atoms with van der Waals surface area (Å²) in [5.41, 5.74) is 0. The second-order valence-corrected chi connectivity index (χ2v) is 7.42. The minimum atomic E-state index is -2.96. The lowest BCUT2D eigenvalue weighted by Crippen LogP contribution is -2.42. The van der Waals surface area contributed by atoms with Crippen LogP contribution in [-0.4, -0.2) is 32.5 Å². The van der Waals surface area contributed by atoms with Crippen molar-refractivity contribution in [3.8, 4) is 0 Å². The SMILES string of the molecule is C=CCCCCCC(NCCC)C(C)S(C)(=O)=O. The molecule has 4 heteroatoms. The van der Waals surface area contributed by atoms with Gasteiger partial charge in [0.15, 0.2) is 9.84 Å². The molecule has 2 atom stereocenters. The maximum atomic E-state index is 11.6. The Hall–Kier alpha value is -0.350. The summed E-state index contributed by atoms with van der Waals surface area (Å²) < 4.78 is 23.2. The van der Waals surface area contributed by atoms with Gasteiger partial charge in [-0.05, 0) is 39.2 Å². The van der Waals surface area contributed by atoms with E-state index >= 15 is 0 Å². The van der Waals surface area contributed by atoms with Crippen LogP contribution in [0.2, 0.25) is 0 Å². The Morgan fingerprint density at radius 2 is 1.94 bits per heavy atom. The van der Waals surface area contributed by atoms with Gasteiger partial charge in [0.2, 0.25) is 0 Å². The fourth-order valence-electron chi connectivity index (χ4n) is 1.96. The van der Waals surface area contributed by atoms with Gasteiger partial charge in [0.1, 0.15) is 0 Å². The summed E-state index contributed by atoms with van der Waals surface area (Å²) >= 11 is 0. The molecule has 0 heterocycles. The molecule has 108 valence electrons. The summed E-state index contributed by atoms with van der Waals surface area (Å²) in [5.74, 6) is 0. The largest absolute Gasteiger partial charge is 0.313 e. The molecular formula is C14H29NO2S. The maximum absolute atomic E-state index is 11.6. The van der Waals surface area contributed by atoms with E-state index in [4.69, 9.17) is 0 Å². The minimum Gasteiger partial charge on any atom is -0.313 e. The molecule has 0 aromatic carbocycles. The van der Waals surface area contributed by atoms with Gasteiger partial charge >= 0.3 is 0 Å². The molecule has 0 aliphatic heterocycles. The standard InChI is InChI=1S/C14H29NO2S/c1-5-7-8-9-10-11-14(15-12-6-2)13(3)18(4,16)17/h5,13-15H,1,6-12H2,2-4H3. The number of hydrogen-bond donors (Lipinski definition) is 1. The van der Waals surface area contributed by atoms with Gasteiger partial charge in [-0.3, -0.25) is 0 Å². The normalized spacial score (nSPS) is 15.3. The van der Waals surface area contributed by atoms with E-state index in [9.17, 15) is 8.42 Å². The van der Waals surface area contributed by atoms with Crippen molar-refractivity contribution < 1.29 is 8.42 Å². The summed E-state index contributed by atoms with van der Waals surface area (Å²) in [7, 11) is -2.96. The number of sulfone groups is 1. The van der Waals surface area contributed by atoms with Crippen LogP contribution in [0, 0.1) is 0 Å². The lowest BCUT2D eigenvalue weighted by Gasteiger charge is -2.24.